The third-order valence-corrected chi connectivity index (χ3v) is 4.26. The second kappa shape index (κ2) is 9.72. The molecule has 1 amide bonds. The molecule has 2 aromatic carbocycles. The van der Waals surface area contributed by atoms with Gasteiger partial charge in [0.25, 0.3) is 0 Å². The van der Waals surface area contributed by atoms with E-state index in [1.807, 2.05) is 50.2 Å². The quantitative estimate of drug-likeness (QED) is 0.583. The molecule has 27 heavy (non-hydrogen) atoms. The van der Waals surface area contributed by atoms with Crippen LogP contribution in [-0.2, 0) is 14.3 Å². The van der Waals surface area contributed by atoms with Crippen LogP contribution in [0.2, 0.25) is 0 Å². The molecular weight excluding hydrogens is 338 g/mol. The van der Waals surface area contributed by atoms with Crippen molar-refractivity contribution in [1.29, 1.82) is 0 Å². The Kier molecular flexibility index (Phi) is 7.35. The monoisotopic (exact) mass is 365 g/mol. The van der Waals surface area contributed by atoms with Crippen LogP contribution in [0.5, 0.6) is 0 Å². The Morgan fingerprint density at radius 2 is 1.37 bits per heavy atom. The van der Waals surface area contributed by atoms with Crippen LogP contribution in [0.4, 0.5) is 0 Å². The average Bonchev–Trinajstić information content (AvgIpc) is 2.62. The van der Waals surface area contributed by atoms with Crippen LogP contribution in [0.3, 0.4) is 0 Å². The minimum atomic E-state index is -0.461. The highest BCUT2D eigenvalue weighted by Crippen LogP contribution is 2.33. The first-order valence-corrected chi connectivity index (χ1v) is 9.15. The molecule has 0 radical (unpaired) electrons. The number of carbonyl (C=O) groups is 2. The first-order valence-electron chi connectivity index (χ1n) is 9.15. The molecule has 4 heteroatoms. The van der Waals surface area contributed by atoms with E-state index in [1.165, 1.54) is 13.0 Å². The number of nitrogens with one attached hydrogen (secondary N) is 1. The minimum Gasteiger partial charge on any atom is -0.458 e. The average molecular weight is 365 g/mol. The molecule has 2 aromatic rings. The lowest BCUT2D eigenvalue weighted by atomic mass is 9.82. The molecule has 0 aliphatic carbocycles. The molecule has 2 rings (SSSR count). The molecule has 1 atom stereocenters. The van der Waals surface area contributed by atoms with Gasteiger partial charge in [0.2, 0.25) is 5.91 Å². The first kappa shape index (κ1) is 20.4. The summed E-state index contributed by atoms with van der Waals surface area (Å²) in [5.74, 6) is -0.653. The van der Waals surface area contributed by atoms with Gasteiger partial charge < -0.3 is 10.1 Å². The molecule has 0 aromatic heterocycles. The van der Waals surface area contributed by atoms with Gasteiger partial charge in [0.1, 0.15) is 6.10 Å². The maximum Gasteiger partial charge on any atom is 0.332 e. The standard InChI is InChI=1S/C23H27NO3/c1-16(2)23(27-21(26)15-17(3)24-18(4)25)22(19-11-7-5-8-12-19)20-13-9-6-10-14-20/h5-16,22-23H,1-4H3,(H,24,25)/b17-15-/t23-/m0/s1. The molecule has 0 saturated heterocycles. The van der Waals surface area contributed by atoms with Crippen LogP contribution < -0.4 is 5.32 Å². The Bertz CT molecular complexity index is 742. The zero-order valence-electron chi connectivity index (χ0n) is 16.3. The predicted molar refractivity (Wildman–Crippen MR) is 107 cm³/mol. The van der Waals surface area contributed by atoms with Crippen LogP contribution in [0, 0.1) is 5.92 Å². The molecule has 0 heterocycles. The van der Waals surface area contributed by atoms with Crippen molar-refractivity contribution in [1.82, 2.24) is 5.32 Å². The summed E-state index contributed by atoms with van der Waals surface area (Å²) < 4.78 is 5.87. The van der Waals surface area contributed by atoms with Gasteiger partial charge in [0.15, 0.2) is 0 Å². The Labute approximate surface area is 161 Å². The fourth-order valence-electron chi connectivity index (χ4n) is 3.14. The molecule has 0 saturated carbocycles. The Hall–Kier alpha value is -2.88. The predicted octanol–water partition coefficient (Wildman–Crippen LogP) is 4.43. The molecule has 0 fully saturated rings. The highest BCUT2D eigenvalue weighted by molar-refractivity contribution is 5.84. The number of hydrogen-bond donors (Lipinski definition) is 1. The summed E-state index contributed by atoms with van der Waals surface area (Å²) in [5.41, 5.74) is 2.65. The minimum absolute atomic E-state index is 0.0779. The topological polar surface area (TPSA) is 55.4 Å². The normalized spacial score (nSPS) is 12.7. The van der Waals surface area contributed by atoms with Gasteiger partial charge in [-0.1, -0.05) is 74.5 Å². The van der Waals surface area contributed by atoms with Crippen molar-refractivity contribution in [3.8, 4) is 0 Å². The van der Waals surface area contributed by atoms with E-state index in [1.54, 1.807) is 6.92 Å². The number of allylic oxidation sites excluding steroid dienone is 1. The highest BCUT2D eigenvalue weighted by Gasteiger charge is 2.30. The molecule has 4 nitrogen and oxygen atoms in total. The number of amides is 1. The van der Waals surface area contributed by atoms with Gasteiger partial charge >= 0.3 is 5.97 Å². The van der Waals surface area contributed by atoms with Crippen LogP contribution in [0.25, 0.3) is 0 Å². The van der Waals surface area contributed by atoms with Gasteiger partial charge in [-0.25, -0.2) is 4.79 Å². The van der Waals surface area contributed by atoms with Crippen molar-refractivity contribution in [2.75, 3.05) is 0 Å². The molecule has 0 unspecified atom stereocenters. The summed E-state index contributed by atoms with van der Waals surface area (Å²) in [5, 5.41) is 2.59. The van der Waals surface area contributed by atoms with E-state index >= 15 is 0 Å². The maximum atomic E-state index is 12.5. The second-order valence-electron chi connectivity index (χ2n) is 6.95. The van der Waals surface area contributed by atoms with Crippen molar-refractivity contribution >= 4 is 11.9 Å². The maximum absolute atomic E-state index is 12.5. The molecule has 1 N–H and O–H groups in total. The van der Waals surface area contributed by atoms with Gasteiger partial charge in [-0.15, -0.1) is 0 Å². The largest absolute Gasteiger partial charge is 0.458 e. The van der Waals surface area contributed by atoms with E-state index in [0.29, 0.717) is 5.70 Å². The second-order valence-corrected chi connectivity index (χ2v) is 6.95. The SMILES string of the molecule is CC(=O)N/C(C)=C\C(=O)O[C@@H](C(C)C)C(c1ccccc1)c1ccccc1. The summed E-state index contributed by atoms with van der Waals surface area (Å²) in [6, 6.07) is 20.1. The fraction of sp³-hybridized carbons (Fsp3) is 0.304. The number of ether oxygens (including phenoxy) is 1. The van der Waals surface area contributed by atoms with Crippen molar-refractivity contribution in [3.05, 3.63) is 83.6 Å². The third kappa shape index (κ3) is 6.10. The van der Waals surface area contributed by atoms with Gasteiger partial charge in [-0.05, 0) is 24.0 Å². The van der Waals surface area contributed by atoms with E-state index in [2.05, 4.69) is 29.6 Å². The van der Waals surface area contributed by atoms with E-state index < -0.39 is 5.97 Å². The lowest BCUT2D eigenvalue weighted by Crippen LogP contribution is -2.31. The van der Waals surface area contributed by atoms with Crippen molar-refractivity contribution in [3.63, 3.8) is 0 Å². The zero-order valence-corrected chi connectivity index (χ0v) is 16.3. The highest BCUT2D eigenvalue weighted by atomic mass is 16.5. The van der Waals surface area contributed by atoms with E-state index in [9.17, 15) is 9.59 Å². The Morgan fingerprint density at radius 1 is 0.889 bits per heavy atom. The van der Waals surface area contributed by atoms with Crippen LogP contribution in [0.15, 0.2) is 72.4 Å². The van der Waals surface area contributed by atoms with Gasteiger partial charge in [-0.3, -0.25) is 4.79 Å². The van der Waals surface area contributed by atoms with Gasteiger partial charge in [-0.2, -0.15) is 0 Å². The third-order valence-electron chi connectivity index (χ3n) is 4.26. The van der Waals surface area contributed by atoms with Gasteiger partial charge in [0, 0.05) is 24.6 Å². The fourth-order valence-corrected chi connectivity index (χ4v) is 3.14. The van der Waals surface area contributed by atoms with Crippen LogP contribution in [-0.4, -0.2) is 18.0 Å². The van der Waals surface area contributed by atoms with Crippen molar-refractivity contribution in [2.45, 2.75) is 39.7 Å². The molecule has 0 bridgehead atoms. The van der Waals surface area contributed by atoms with Crippen molar-refractivity contribution < 1.29 is 14.3 Å². The first-order chi connectivity index (χ1) is 12.9. The number of esters is 1. The zero-order chi connectivity index (χ0) is 19.8. The van der Waals surface area contributed by atoms with E-state index in [4.69, 9.17) is 4.74 Å². The summed E-state index contributed by atoms with van der Waals surface area (Å²) in [4.78, 5) is 23.6. The smallest absolute Gasteiger partial charge is 0.332 e. The molecule has 0 aliphatic heterocycles. The van der Waals surface area contributed by atoms with Crippen LogP contribution >= 0.6 is 0 Å². The number of carbonyl (C=O) groups excluding carboxylic acids is 2. The summed E-state index contributed by atoms with van der Waals surface area (Å²) in [6.45, 7) is 7.15. The van der Waals surface area contributed by atoms with Gasteiger partial charge in [0.05, 0.1) is 0 Å². The summed E-state index contributed by atoms with van der Waals surface area (Å²) >= 11 is 0. The lowest BCUT2D eigenvalue weighted by Gasteiger charge is -2.30. The molecule has 142 valence electrons. The van der Waals surface area contributed by atoms with E-state index in [-0.39, 0.29) is 23.8 Å². The Balaban J connectivity index is 2.35. The van der Waals surface area contributed by atoms with E-state index in [0.717, 1.165) is 11.1 Å². The molecular formula is C23H27NO3. The molecule has 0 aliphatic rings. The Morgan fingerprint density at radius 3 is 1.78 bits per heavy atom. The number of rotatable bonds is 7. The number of hydrogen-bond acceptors (Lipinski definition) is 3. The lowest BCUT2D eigenvalue weighted by molar-refractivity contribution is -0.146. The number of benzene rings is 2. The molecule has 0 spiro atoms. The summed E-state index contributed by atoms with van der Waals surface area (Å²) in [7, 11) is 0. The van der Waals surface area contributed by atoms with Crippen LogP contribution in [0.1, 0.15) is 44.7 Å². The van der Waals surface area contributed by atoms with Crippen molar-refractivity contribution in [2.24, 2.45) is 5.92 Å². The summed E-state index contributed by atoms with van der Waals surface area (Å²) in [6.07, 6.45) is 0.979.